The standard InChI is InChI=1S/C3H8N4/c1-2-5-3(4)7-6-2/h2,6H,1H3,(H3,4,5,7). The topological polar surface area (TPSA) is 62.4 Å². The average Bonchev–Trinajstić information content (AvgIpc) is 1.87. The Morgan fingerprint density at radius 2 is 2.57 bits per heavy atom. The zero-order chi connectivity index (χ0) is 5.28. The Morgan fingerprint density at radius 1 is 1.86 bits per heavy atom. The normalized spacial score (nSPS) is 29.3. The molecule has 0 saturated carbocycles. The van der Waals surface area contributed by atoms with Gasteiger partial charge in [-0.25, -0.2) is 10.4 Å². The summed E-state index contributed by atoms with van der Waals surface area (Å²) in [6.07, 6.45) is 0.125. The van der Waals surface area contributed by atoms with Crippen molar-refractivity contribution in [2.75, 3.05) is 0 Å². The van der Waals surface area contributed by atoms with Crippen molar-refractivity contribution in [1.82, 2.24) is 10.9 Å². The molecule has 0 radical (unpaired) electrons. The van der Waals surface area contributed by atoms with E-state index in [4.69, 9.17) is 5.73 Å². The number of nitrogens with zero attached hydrogens (tertiary/aromatic N) is 1. The van der Waals surface area contributed by atoms with Gasteiger partial charge < -0.3 is 5.73 Å². The van der Waals surface area contributed by atoms with Crippen LogP contribution in [0.15, 0.2) is 4.99 Å². The van der Waals surface area contributed by atoms with Crippen LogP contribution in [0.1, 0.15) is 6.92 Å². The van der Waals surface area contributed by atoms with Gasteiger partial charge in [-0.1, -0.05) is 0 Å². The average molecular weight is 100 g/mol. The van der Waals surface area contributed by atoms with Gasteiger partial charge in [0.25, 0.3) is 0 Å². The van der Waals surface area contributed by atoms with E-state index in [1.165, 1.54) is 0 Å². The van der Waals surface area contributed by atoms with Crippen LogP contribution in [-0.2, 0) is 0 Å². The van der Waals surface area contributed by atoms with Gasteiger partial charge in [0, 0.05) is 0 Å². The lowest BCUT2D eigenvalue weighted by molar-refractivity contribution is 0.588. The van der Waals surface area contributed by atoms with Gasteiger partial charge in [-0.3, -0.25) is 5.43 Å². The van der Waals surface area contributed by atoms with Crippen molar-refractivity contribution >= 4 is 5.96 Å². The van der Waals surface area contributed by atoms with E-state index in [9.17, 15) is 0 Å². The first kappa shape index (κ1) is 4.39. The fourth-order valence-corrected chi connectivity index (χ4v) is 0.452. The second-order valence-electron chi connectivity index (χ2n) is 1.46. The maximum atomic E-state index is 5.20. The molecule has 1 rings (SSSR count). The van der Waals surface area contributed by atoms with Crippen LogP contribution in [0.4, 0.5) is 0 Å². The van der Waals surface area contributed by atoms with Crippen LogP contribution in [0.2, 0.25) is 0 Å². The molecule has 0 amide bonds. The number of hydrogen-bond donors (Lipinski definition) is 3. The highest BCUT2D eigenvalue weighted by molar-refractivity contribution is 5.78. The van der Waals surface area contributed by atoms with Gasteiger partial charge in [0.1, 0.15) is 6.17 Å². The molecule has 1 atom stereocenters. The van der Waals surface area contributed by atoms with E-state index in [1.54, 1.807) is 0 Å². The molecule has 0 bridgehead atoms. The third kappa shape index (κ3) is 0.806. The molecule has 4 heteroatoms. The SMILES string of the molecule is CC1N=C(N)NN1. The van der Waals surface area contributed by atoms with E-state index in [-0.39, 0.29) is 6.17 Å². The molecule has 40 valence electrons. The molecule has 1 heterocycles. The Kier molecular flexibility index (Phi) is 0.867. The maximum Gasteiger partial charge on any atom is 0.204 e. The van der Waals surface area contributed by atoms with Gasteiger partial charge in [-0.2, -0.15) is 0 Å². The van der Waals surface area contributed by atoms with Crippen molar-refractivity contribution in [3.05, 3.63) is 0 Å². The number of nitrogens with one attached hydrogen (secondary N) is 2. The fraction of sp³-hybridized carbons (Fsp3) is 0.667. The summed E-state index contributed by atoms with van der Waals surface area (Å²) in [6, 6.07) is 0. The van der Waals surface area contributed by atoms with Crippen LogP contribution in [0, 0.1) is 0 Å². The highest BCUT2D eigenvalue weighted by Crippen LogP contribution is 1.84. The summed E-state index contributed by atoms with van der Waals surface area (Å²) in [5, 5.41) is 0. The van der Waals surface area contributed by atoms with Crippen LogP contribution in [0.5, 0.6) is 0 Å². The number of rotatable bonds is 0. The maximum absolute atomic E-state index is 5.20. The van der Waals surface area contributed by atoms with Crippen molar-refractivity contribution in [1.29, 1.82) is 0 Å². The Hall–Kier alpha value is -0.770. The molecular formula is C3H8N4. The van der Waals surface area contributed by atoms with Crippen molar-refractivity contribution in [2.45, 2.75) is 13.1 Å². The predicted molar refractivity (Wildman–Crippen MR) is 27.4 cm³/mol. The van der Waals surface area contributed by atoms with Gasteiger partial charge in [0.05, 0.1) is 0 Å². The molecule has 4 nitrogen and oxygen atoms in total. The zero-order valence-corrected chi connectivity index (χ0v) is 4.10. The number of hydrogen-bond acceptors (Lipinski definition) is 4. The first-order valence-electron chi connectivity index (χ1n) is 2.14. The first-order valence-corrected chi connectivity index (χ1v) is 2.14. The minimum atomic E-state index is 0.125. The number of guanidine groups is 1. The lowest BCUT2D eigenvalue weighted by Gasteiger charge is -1.94. The van der Waals surface area contributed by atoms with Crippen molar-refractivity contribution in [3.63, 3.8) is 0 Å². The molecule has 0 saturated heterocycles. The summed E-state index contributed by atoms with van der Waals surface area (Å²) < 4.78 is 0. The number of hydrazine groups is 1. The Balaban J connectivity index is 2.50. The molecule has 7 heavy (non-hydrogen) atoms. The molecule has 0 aromatic heterocycles. The second kappa shape index (κ2) is 1.38. The van der Waals surface area contributed by atoms with Gasteiger partial charge in [0.15, 0.2) is 0 Å². The molecular weight excluding hydrogens is 92.1 g/mol. The van der Waals surface area contributed by atoms with Crippen molar-refractivity contribution < 1.29 is 0 Å². The van der Waals surface area contributed by atoms with E-state index in [0.29, 0.717) is 5.96 Å². The number of aliphatic imine (C=N–C) groups is 1. The largest absolute Gasteiger partial charge is 0.369 e. The monoisotopic (exact) mass is 100 g/mol. The summed E-state index contributed by atoms with van der Waals surface area (Å²) in [5.74, 6) is 0.465. The Labute approximate surface area is 41.8 Å². The minimum Gasteiger partial charge on any atom is -0.369 e. The summed E-state index contributed by atoms with van der Waals surface area (Å²) in [5.41, 5.74) is 10.6. The summed E-state index contributed by atoms with van der Waals surface area (Å²) in [4.78, 5) is 3.86. The first-order chi connectivity index (χ1) is 3.29. The lowest BCUT2D eigenvalue weighted by Crippen LogP contribution is -2.37. The fourth-order valence-electron chi connectivity index (χ4n) is 0.452. The van der Waals surface area contributed by atoms with Gasteiger partial charge in [-0.15, -0.1) is 0 Å². The van der Waals surface area contributed by atoms with Crippen molar-refractivity contribution in [3.8, 4) is 0 Å². The van der Waals surface area contributed by atoms with Crippen molar-refractivity contribution in [2.24, 2.45) is 10.7 Å². The van der Waals surface area contributed by atoms with Gasteiger partial charge >= 0.3 is 0 Å². The quantitative estimate of drug-likeness (QED) is 0.356. The van der Waals surface area contributed by atoms with E-state index in [0.717, 1.165) is 0 Å². The smallest absolute Gasteiger partial charge is 0.204 e. The lowest BCUT2D eigenvalue weighted by atomic mass is 10.6. The summed E-state index contributed by atoms with van der Waals surface area (Å²) in [6.45, 7) is 1.91. The molecule has 0 aromatic carbocycles. The van der Waals surface area contributed by atoms with E-state index >= 15 is 0 Å². The van der Waals surface area contributed by atoms with E-state index < -0.39 is 0 Å². The van der Waals surface area contributed by atoms with Crippen LogP contribution >= 0.6 is 0 Å². The molecule has 0 spiro atoms. The van der Waals surface area contributed by atoms with E-state index in [2.05, 4.69) is 15.8 Å². The van der Waals surface area contributed by atoms with Crippen LogP contribution in [0.25, 0.3) is 0 Å². The third-order valence-corrected chi connectivity index (χ3v) is 0.742. The summed E-state index contributed by atoms with van der Waals surface area (Å²) >= 11 is 0. The molecule has 0 aromatic rings. The highest BCUT2D eigenvalue weighted by Gasteiger charge is 2.04. The number of nitrogens with two attached hydrogens (primary N) is 1. The van der Waals surface area contributed by atoms with Crippen LogP contribution < -0.4 is 16.6 Å². The zero-order valence-electron chi connectivity index (χ0n) is 4.10. The summed E-state index contributed by atoms with van der Waals surface area (Å²) in [7, 11) is 0. The molecule has 4 N–H and O–H groups in total. The predicted octanol–water partition coefficient (Wildman–Crippen LogP) is -1.25. The Bertz CT molecular complexity index is 97.1. The highest BCUT2D eigenvalue weighted by atomic mass is 15.5. The Morgan fingerprint density at radius 3 is 2.71 bits per heavy atom. The third-order valence-electron chi connectivity index (χ3n) is 0.742. The molecule has 1 aliphatic rings. The molecule has 1 aliphatic heterocycles. The van der Waals surface area contributed by atoms with Gasteiger partial charge in [0.2, 0.25) is 5.96 Å². The molecule has 0 aliphatic carbocycles. The molecule has 1 unspecified atom stereocenters. The van der Waals surface area contributed by atoms with E-state index in [1.807, 2.05) is 6.92 Å². The van der Waals surface area contributed by atoms with Gasteiger partial charge in [-0.05, 0) is 6.92 Å². The second-order valence-corrected chi connectivity index (χ2v) is 1.46. The van der Waals surface area contributed by atoms with Crippen LogP contribution in [0.3, 0.4) is 0 Å². The molecule has 0 fully saturated rings. The minimum absolute atomic E-state index is 0.125. The van der Waals surface area contributed by atoms with Crippen LogP contribution in [-0.4, -0.2) is 12.1 Å².